The summed E-state index contributed by atoms with van der Waals surface area (Å²) < 4.78 is 14.1. The lowest BCUT2D eigenvalue weighted by Crippen LogP contribution is -2.15. The van der Waals surface area contributed by atoms with Gasteiger partial charge in [0.05, 0.1) is 17.8 Å². The van der Waals surface area contributed by atoms with Crippen LogP contribution in [0.3, 0.4) is 0 Å². The molecule has 0 aliphatic heterocycles. The molecule has 0 saturated carbocycles. The Kier molecular flexibility index (Phi) is 4.38. The molecule has 3 rings (SSSR count). The van der Waals surface area contributed by atoms with E-state index in [4.69, 9.17) is 5.73 Å². The van der Waals surface area contributed by atoms with Gasteiger partial charge in [0.1, 0.15) is 12.3 Å². The standard InChI is InChI=1S/C16H17FN6/c1-23-14-4-6-19-10-13(14)12-2-3-15(22-16(12)23)21-11(8-18)9-20-7-5-17/h2-4,6,9-10H,5,7-8,18H2,1H3. The maximum atomic E-state index is 12.1. The Morgan fingerprint density at radius 3 is 3.00 bits per heavy atom. The Balaban J connectivity index is 2.06. The van der Waals surface area contributed by atoms with E-state index in [0.29, 0.717) is 11.5 Å². The van der Waals surface area contributed by atoms with E-state index in [1.807, 2.05) is 36.0 Å². The van der Waals surface area contributed by atoms with Gasteiger partial charge in [-0.05, 0) is 18.2 Å². The first-order valence-corrected chi connectivity index (χ1v) is 7.27. The van der Waals surface area contributed by atoms with Crippen LogP contribution in [0.4, 0.5) is 10.2 Å². The minimum absolute atomic E-state index is 0.113. The summed E-state index contributed by atoms with van der Waals surface area (Å²) in [6, 6.07) is 5.75. The topological polar surface area (TPSA) is 81.5 Å². The highest BCUT2D eigenvalue weighted by Crippen LogP contribution is 2.27. The van der Waals surface area contributed by atoms with Crippen molar-refractivity contribution in [3.63, 3.8) is 0 Å². The first-order chi connectivity index (χ1) is 11.2. The van der Waals surface area contributed by atoms with Crippen molar-refractivity contribution in [3.8, 4) is 0 Å². The summed E-state index contributed by atoms with van der Waals surface area (Å²) in [6.07, 6.45) is 5.09. The molecule has 0 aliphatic rings. The van der Waals surface area contributed by atoms with Crippen LogP contribution in [0.5, 0.6) is 0 Å². The second kappa shape index (κ2) is 6.62. The lowest BCUT2D eigenvalue weighted by atomic mass is 10.2. The molecule has 0 fully saturated rings. The number of hydrogen-bond acceptors (Lipinski definition) is 5. The summed E-state index contributed by atoms with van der Waals surface area (Å²) >= 11 is 0. The molecule has 0 atom stereocenters. The van der Waals surface area contributed by atoms with E-state index in [2.05, 4.69) is 20.0 Å². The zero-order valence-electron chi connectivity index (χ0n) is 12.8. The van der Waals surface area contributed by atoms with Crippen LogP contribution in [0.2, 0.25) is 0 Å². The maximum absolute atomic E-state index is 12.1. The molecular weight excluding hydrogens is 295 g/mol. The summed E-state index contributed by atoms with van der Waals surface area (Å²) in [6.45, 7) is -0.168. The monoisotopic (exact) mass is 312 g/mol. The predicted octanol–water partition coefficient (Wildman–Crippen LogP) is 2.19. The number of nitrogens with two attached hydrogens (primary N) is 1. The number of fused-ring (bicyclic) bond motifs is 3. The third-order valence-electron chi connectivity index (χ3n) is 3.55. The SMILES string of the molecule is Cn1c2ccncc2c2ccc(N=C(C=NCCF)CN)nc21. The van der Waals surface area contributed by atoms with E-state index in [-0.39, 0.29) is 13.1 Å². The van der Waals surface area contributed by atoms with Crippen LogP contribution in [-0.2, 0) is 7.05 Å². The molecule has 0 radical (unpaired) electrons. The molecule has 0 spiro atoms. The van der Waals surface area contributed by atoms with Crippen molar-refractivity contribution in [2.45, 2.75) is 0 Å². The molecule has 0 bridgehead atoms. The number of pyridine rings is 2. The maximum Gasteiger partial charge on any atom is 0.154 e. The smallest absolute Gasteiger partial charge is 0.154 e. The Morgan fingerprint density at radius 1 is 1.35 bits per heavy atom. The van der Waals surface area contributed by atoms with Crippen molar-refractivity contribution >= 4 is 39.7 Å². The van der Waals surface area contributed by atoms with Gasteiger partial charge >= 0.3 is 0 Å². The van der Waals surface area contributed by atoms with E-state index in [9.17, 15) is 4.39 Å². The van der Waals surface area contributed by atoms with Crippen LogP contribution in [0.25, 0.3) is 21.9 Å². The molecule has 3 heterocycles. The van der Waals surface area contributed by atoms with Crippen molar-refractivity contribution < 1.29 is 4.39 Å². The van der Waals surface area contributed by atoms with Crippen LogP contribution >= 0.6 is 0 Å². The fourth-order valence-corrected chi connectivity index (χ4v) is 2.46. The van der Waals surface area contributed by atoms with Crippen molar-refractivity contribution in [3.05, 3.63) is 30.6 Å². The van der Waals surface area contributed by atoms with Crippen molar-refractivity contribution in [2.24, 2.45) is 22.8 Å². The normalized spacial score (nSPS) is 12.7. The third-order valence-corrected chi connectivity index (χ3v) is 3.55. The molecular formula is C16H17FN6. The highest BCUT2D eigenvalue weighted by molar-refractivity contribution is 6.32. The van der Waals surface area contributed by atoms with E-state index in [0.717, 1.165) is 21.9 Å². The number of hydrogen-bond donors (Lipinski definition) is 1. The highest BCUT2D eigenvalue weighted by atomic mass is 19.1. The van der Waals surface area contributed by atoms with E-state index >= 15 is 0 Å². The molecule has 3 aromatic heterocycles. The lowest BCUT2D eigenvalue weighted by molar-refractivity contribution is 0.505. The van der Waals surface area contributed by atoms with Gasteiger partial charge in [-0.1, -0.05) is 0 Å². The van der Waals surface area contributed by atoms with Crippen LogP contribution in [-0.4, -0.2) is 46.2 Å². The molecule has 0 aromatic carbocycles. The molecule has 0 unspecified atom stereocenters. The lowest BCUT2D eigenvalue weighted by Gasteiger charge is -2.00. The van der Waals surface area contributed by atoms with Gasteiger partial charge in [0.25, 0.3) is 0 Å². The van der Waals surface area contributed by atoms with Gasteiger partial charge < -0.3 is 10.3 Å². The molecule has 3 aromatic rings. The van der Waals surface area contributed by atoms with Gasteiger partial charge in [-0.15, -0.1) is 0 Å². The summed E-state index contributed by atoms with van der Waals surface area (Å²) in [5, 5.41) is 2.08. The van der Waals surface area contributed by atoms with Gasteiger partial charge in [0, 0.05) is 43.0 Å². The van der Waals surface area contributed by atoms with Gasteiger partial charge in [0.15, 0.2) is 5.82 Å². The van der Waals surface area contributed by atoms with Crippen molar-refractivity contribution in [2.75, 3.05) is 19.8 Å². The van der Waals surface area contributed by atoms with E-state index in [1.165, 1.54) is 6.21 Å². The average Bonchev–Trinajstić information content (AvgIpc) is 2.87. The van der Waals surface area contributed by atoms with Crippen molar-refractivity contribution in [1.29, 1.82) is 0 Å². The summed E-state index contributed by atoms with van der Waals surface area (Å²) in [7, 11) is 1.96. The van der Waals surface area contributed by atoms with Crippen LogP contribution < -0.4 is 5.73 Å². The second-order valence-corrected chi connectivity index (χ2v) is 5.02. The quantitative estimate of drug-likeness (QED) is 0.733. The fourth-order valence-electron chi connectivity index (χ4n) is 2.46. The predicted molar refractivity (Wildman–Crippen MR) is 91.5 cm³/mol. The largest absolute Gasteiger partial charge is 0.328 e. The van der Waals surface area contributed by atoms with Crippen LogP contribution in [0.1, 0.15) is 0 Å². The number of alkyl halides is 1. The Morgan fingerprint density at radius 2 is 2.22 bits per heavy atom. The number of aryl methyl sites for hydroxylation is 1. The minimum Gasteiger partial charge on any atom is -0.328 e. The number of halogens is 1. The molecule has 0 saturated heterocycles. The zero-order chi connectivity index (χ0) is 16.2. The van der Waals surface area contributed by atoms with Gasteiger partial charge in [0.2, 0.25) is 0 Å². The van der Waals surface area contributed by atoms with Gasteiger partial charge in [-0.25, -0.2) is 14.4 Å². The Labute approximate surface area is 132 Å². The first kappa shape index (κ1) is 15.2. The second-order valence-electron chi connectivity index (χ2n) is 5.02. The summed E-state index contributed by atoms with van der Waals surface area (Å²) in [4.78, 5) is 17.1. The molecule has 2 N–H and O–H groups in total. The van der Waals surface area contributed by atoms with E-state index in [1.54, 1.807) is 6.20 Å². The third kappa shape index (κ3) is 2.95. The number of aromatic nitrogens is 3. The minimum atomic E-state index is -0.497. The van der Waals surface area contributed by atoms with Crippen LogP contribution in [0, 0.1) is 0 Å². The highest BCUT2D eigenvalue weighted by Gasteiger charge is 2.09. The molecule has 118 valence electrons. The average molecular weight is 312 g/mol. The first-order valence-electron chi connectivity index (χ1n) is 7.27. The molecule has 6 nitrogen and oxygen atoms in total. The number of nitrogens with zero attached hydrogens (tertiary/aromatic N) is 5. The van der Waals surface area contributed by atoms with Crippen molar-refractivity contribution in [1.82, 2.24) is 14.5 Å². The number of aliphatic imine (C=N–C) groups is 2. The Bertz CT molecular complexity index is 896. The fraction of sp³-hybridized carbons (Fsp3) is 0.250. The number of rotatable bonds is 5. The van der Waals surface area contributed by atoms with Gasteiger partial charge in [-0.2, -0.15) is 0 Å². The van der Waals surface area contributed by atoms with Crippen LogP contribution in [0.15, 0.2) is 40.6 Å². The summed E-state index contributed by atoms with van der Waals surface area (Å²) in [5.74, 6) is 0.545. The molecule has 23 heavy (non-hydrogen) atoms. The molecule has 0 aliphatic carbocycles. The molecule has 0 amide bonds. The zero-order valence-corrected chi connectivity index (χ0v) is 12.8. The Hall–Kier alpha value is -2.67. The molecule has 7 heteroatoms. The van der Waals surface area contributed by atoms with Gasteiger partial charge in [-0.3, -0.25) is 9.98 Å². The summed E-state index contributed by atoms with van der Waals surface area (Å²) in [5.41, 5.74) is 8.10. The van der Waals surface area contributed by atoms with E-state index < -0.39 is 6.67 Å².